The number of nitriles is 1. The van der Waals surface area contributed by atoms with Gasteiger partial charge in [0.15, 0.2) is 0 Å². The number of phenolic OH excluding ortho intramolecular Hbond substituents is 1. The van der Waals surface area contributed by atoms with Gasteiger partial charge in [-0.2, -0.15) is 5.26 Å². The fourth-order valence-corrected chi connectivity index (χ4v) is 2.27. The van der Waals surface area contributed by atoms with E-state index in [9.17, 15) is 5.11 Å². The lowest BCUT2D eigenvalue weighted by Gasteiger charge is -1.98. The van der Waals surface area contributed by atoms with Gasteiger partial charge in [-0.15, -0.1) is 0 Å². The topological polar surface area (TPSA) is 44.0 Å². The molecule has 0 heterocycles. The fourth-order valence-electron chi connectivity index (χ4n) is 0.623. The minimum atomic E-state index is 0.169. The van der Waals surface area contributed by atoms with Gasteiger partial charge in [0.25, 0.3) is 0 Å². The van der Waals surface area contributed by atoms with Crippen LogP contribution in [0.4, 0.5) is 0 Å². The number of rotatable bonds is 0. The third-order valence-corrected chi connectivity index (χ3v) is 2.91. The zero-order chi connectivity index (χ0) is 8.43. The molecule has 1 aromatic carbocycles. The third-order valence-electron chi connectivity index (χ3n) is 1.16. The summed E-state index contributed by atoms with van der Waals surface area (Å²) in [5, 5.41) is 17.8. The van der Waals surface area contributed by atoms with Crippen molar-refractivity contribution in [1.29, 1.82) is 5.26 Å². The van der Waals surface area contributed by atoms with Crippen molar-refractivity contribution < 1.29 is 5.11 Å². The minimum Gasteiger partial charge on any atom is -0.507 e. The lowest BCUT2D eigenvalue weighted by molar-refractivity contribution is 0.471. The molecule has 0 aliphatic rings. The molecule has 1 aromatic rings. The summed E-state index contributed by atoms with van der Waals surface area (Å²) in [7, 11) is 0. The molecule has 0 radical (unpaired) electrons. The first kappa shape index (κ1) is 9.06. The second-order valence-corrected chi connectivity index (χ2v) is 4.22. The Morgan fingerprint density at radius 3 is 2.45 bits per heavy atom. The summed E-state index contributed by atoms with van der Waals surface area (Å²) in [6, 6.07) is 5.24. The maximum atomic E-state index is 9.19. The highest BCUT2D eigenvalue weighted by molar-refractivity contribution is 14.1. The Hall–Kier alpha value is -0.0300. The van der Waals surface area contributed by atoms with E-state index in [1.165, 1.54) is 6.07 Å². The van der Waals surface area contributed by atoms with Crippen LogP contribution in [0.3, 0.4) is 0 Å². The molecule has 0 unspecified atom stereocenters. The highest BCUT2D eigenvalue weighted by atomic mass is 127. The molecule has 0 fully saturated rings. The standard InChI is InChI=1S/C7H3I2NO/c8-5-2-6(9)7(11)1-4(5)3-10/h1-2,11H. The van der Waals surface area contributed by atoms with E-state index >= 15 is 0 Å². The molecule has 0 bridgehead atoms. The number of nitrogens with zero attached hydrogens (tertiary/aromatic N) is 1. The Morgan fingerprint density at radius 1 is 1.27 bits per heavy atom. The van der Waals surface area contributed by atoms with Gasteiger partial charge in [-0.3, -0.25) is 0 Å². The smallest absolute Gasteiger partial charge is 0.130 e. The van der Waals surface area contributed by atoms with Crippen molar-refractivity contribution in [3.63, 3.8) is 0 Å². The monoisotopic (exact) mass is 371 g/mol. The molecule has 2 nitrogen and oxygen atoms in total. The number of hydrogen-bond acceptors (Lipinski definition) is 2. The van der Waals surface area contributed by atoms with Crippen LogP contribution in [-0.2, 0) is 0 Å². The fraction of sp³-hybridized carbons (Fsp3) is 0. The van der Waals surface area contributed by atoms with E-state index in [-0.39, 0.29) is 5.75 Å². The van der Waals surface area contributed by atoms with Gasteiger partial charge >= 0.3 is 0 Å². The van der Waals surface area contributed by atoms with E-state index in [4.69, 9.17) is 5.26 Å². The molecule has 0 aliphatic carbocycles. The zero-order valence-electron chi connectivity index (χ0n) is 5.31. The van der Waals surface area contributed by atoms with Gasteiger partial charge < -0.3 is 5.11 Å². The quantitative estimate of drug-likeness (QED) is 0.713. The van der Waals surface area contributed by atoms with Crippen LogP contribution in [-0.4, -0.2) is 5.11 Å². The summed E-state index contributed by atoms with van der Waals surface area (Å²) in [6.45, 7) is 0. The Morgan fingerprint density at radius 2 is 1.91 bits per heavy atom. The SMILES string of the molecule is N#Cc1cc(O)c(I)cc1I. The molecule has 0 saturated carbocycles. The van der Waals surface area contributed by atoms with E-state index in [0.29, 0.717) is 5.56 Å². The molecule has 0 saturated heterocycles. The average Bonchev–Trinajstić information content (AvgIpc) is 1.97. The summed E-state index contributed by atoms with van der Waals surface area (Å²) in [5.41, 5.74) is 0.517. The minimum absolute atomic E-state index is 0.169. The maximum absolute atomic E-state index is 9.19. The van der Waals surface area contributed by atoms with Gasteiger partial charge in [0, 0.05) is 3.57 Å². The second kappa shape index (κ2) is 3.58. The lowest BCUT2D eigenvalue weighted by atomic mass is 10.2. The molecule has 11 heavy (non-hydrogen) atoms. The predicted molar refractivity (Wildman–Crippen MR) is 58.3 cm³/mol. The third kappa shape index (κ3) is 1.96. The van der Waals surface area contributed by atoms with Crippen LogP contribution in [0.15, 0.2) is 12.1 Å². The van der Waals surface area contributed by atoms with Crippen LogP contribution in [0.25, 0.3) is 0 Å². The van der Waals surface area contributed by atoms with Gasteiger partial charge in [-0.25, -0.2) is 0 Å². The van der Waals surface area contributed by atoms with Crippen molar-refractivity contribution in [2.45, 2.75) is 0 Å². The first-order valence-corrected chi connectivity index (χ1v) is 4.89. The highest BCUT2D eigenvalue weighted by Gasteiger charge is 2.03. The number of benzene rings is 1. The Balaban J connectivity index is 3.35. The van der Waals surface area contributed by atoms with Crippen molar-refractivity contribution in [2.24, 2.45) is 0 Å². The second-order valence-electron chi connectivity index (χ2n) is 1.90. The van der Waals surface area contributed by atoms with Crippen LogP contribution in [0.2, 0.25) is 0 Å². The average molecular weight is 371 g/mol. The van der Waals surface area contributed by atoms with Crippen molar-refractivity contribution >= 4 is 45.2 Å². The molecule has 0 atom stereocenters. The molecule has 4 heteroatoms. The molecule has 56 valence electrons. The number of halogens is 2. The van der Waals surface area contributed by atoms with Crippen LogP contribution in [0.1, 0.15) is 5.56 Å². The first-order chi connectivity index (χ1) is 5.15. The van der Waals surface area contributed by atoms with Crippen molar-refractivity contribution in [3.8, 4) is 11.8 Å². The first-order valence-electron chi connectivity index (χ1n) is 2.73. The van der Waals surface area contributed by atoms with Gasteiger partial charge in [-0.1, -0.05) is 0 Å². The van der Waals surface area contributed by atoms with E-state index < -0.39 is 0 Å². The maximum Gasteiger partial charge on any atom is 0.130 e. The molecular formula is C7H3I2NO. The highest BCUT2D eigenvalue weighted by Crippen LogP contribution is 2.24. The lowest BCUT2D eigenvalue weighted by Crippen LogP contribution is -1.83. The van der Waals surface area contributed by atoms with E-state index in [1.807, 2.05) is 28.7 Å². The number of hydrogen-bond donors (Lipinski definition) is 1. The van der Waals surface area contributed by atoms with E-state index in [1.54, 1.807) is 6.07 Å². The van der Waals surface area contributed by atoms with Crippen LogP contribution in [0.5, 0.6) is 5.75 Å². The Kier molecular flexibility index (Phi) is 2.95. The summed E-state index contributed by atoms with van der Waals surface area (Å²) < 4.78 is 1.64. The molecule has 0 spiro atoms. The van der Waals surface area contributed by atoms with Crippen LogP contribution < -0.4 is 0 Å². The van der Waals surface area contributed by atoms with Gasteiger partial charge in [0.2, 0.25) is 0 Å². The summed E-state index contributed by atoms with van der Waals surface area (Å²) in [4.78, 5) is 0. The molecule has 0 amide bonds. The molecular weight excluding hydrogens is 368 g/mol. The van der Waals surface area contributed by atoms with Gasteiger partial charge in [0.1, 0.15) is 11.8 Å². The van der Waals surface area contributed by atoms with Crippen LogP contribution in [0, 0.1) is 18.5 Å². The summed E-state index contributed by atoms with van der Waals surface area (Å²) in [5.74, 6) is 0.169. The number of phenols is 1. The zero-order valence-corrected chi connectivity index (χ0v) is 9.62. The van der Waals surface area contributed by atoms with E-state index in [2.05, 4.69) is 22.6 Å². The van der Waals surface area contributed by atoms with Crippen LogP contribution >= 0.6 is 45.2 Å². The summed E-state index contributed by atoms with van der Waals surface area (Å²) >= 11 is 4.08. The molecule has 1 rings (SSSR count). The molecule has 1 N–H and O–H groups in total. The van der Waals surface area contributed by atoms with Crippen molar-refractivity contribution in [3.05, 3.63) is 24.8 Å². The van der Waals surface area contributed by atoms with Gasteiger partial charge in [0.05, 0.1) is 9.13 Å². The Bertz CT molecular complexity index is 330. The molecule has 0 aromatic heterocycles. The largest absolute Gasteiger partial charge is 0.507 e. The normalized spacial score (nSPS) is 9.18. The Labute approximate surface area is 91.5 Å². The summed E-state index contributed by atoms with van der Waals surface area (Å²) in [6.07, 6.45) is 0. The number of aromatic hydroxyl groups is 1. The van der Waals surface area contributed by atoms with Gasteiger partial charge in [-0.05, 0) is 57.3 Å². The predicted octanol–water partition coefficient (Wildman–Crippen LogP) is 2.47. The van der Waals surface area contributed by atoms with Crippen molar-refractivity contribution in [1.82, 2.24) is 0 Å². The van der Waals surface area contributed by atoms with E-state index in [0.717, 1.165) is 7.14 Å². The van der Waals surface area contributed by atoms with Crippen molar-refractivity contribution in [2.75, 3.05) is 0 Å². The molecule has 0 aliphatic heterocycles.